The summed E-state index contributed by atoms with van der Waals surface area (Å²) in [5.41, 5.74) is 1.00. The van der Waals surface area contributed by atoms with Crippen LogP contribution in [-0.4, -0.2) is 11.9 Å². The number of rotatable bonds is 2. The Hall–Kier alpha value is -1.90. The van der Waals surface area contributed by atoms with E-state index in [0.717, 1.165) is 5.56 Å². The van der Waals surface area contributed by atoms with Gasteiger partial charge in [-0.25, -0.2) is 0 Å². The normalized spacial score (nSPS) is 20.9. The van der Waals surface area contributed by atoms with E-state index in [1.54, 1.807) is 6.08 Å². The predicted octanol–water partition coefficient (Wildman–Crippen LogP) is 1.79. The second-order valence-electron chi connectivity index (χ2n) is 3.37. The van der Waals surface area contributed by atoms with Crippen LogP contribution in [0.25, 0.3) is 6.08 Å². The molecular weight excluding hydrogens is 192 g/mol. The van der Waals surface area contributed by atoms with E-state index in [2.05, 4.69) is 4.74 Å². The minimum atomic E-state index is -0.452. The van der Waals surface area contributed by atoms with Crippen molar-refractivity contribution in [2.45, 2.75) is 6.42 Å². The van der Waals surface area contributed by atoms with Crippen LogP contribution in [0.1, 0.15) is 12.0 Å². The van der Waals surface area contributed by atoms with E-state index in [1.807, 2.05) is 36.4 Å². The van der Waals surface area contributed by atoms with E-state index in [9.17, 15) is 9.59 Å². The van der Waals surface area contributed by atoms with Gasteiger partial charge in [-0.1, -0.05) is 42.5 Å². The topological polar surface area (TPSA) is 43.4 Å². The van der Waals surface area contributed by atoms with Gasteiger partial charge >= 0.3 is 11.9 Å². The molecule has 1 fully saturated rings. The molecule has 0 unspecified atom stereocenters. The average Bonchev–Trinajstić information content (AvgIpc) is 2.56. The number of ether oxygens (including phenoxy) is 1. The molecule has 0 spiro atoms. The molecule has 1 aliphatic rings. The molecule has 0 bridgehead atoms. The van der Waals surface area contributed by atoms with Crippen LogP contribution in [0.4, 0.5) is 0 Å². The molecule has 0 saturated carbocycles. The summed E-state index contributed by atoms with van der Waals surface area (Å²) >= 11 is 0. The molecule has 76 valence electrons. The van der Waals surface area contributed by atoms with Crippen molar-refractivity contribution in [1.82, 2.24) is 0 Å². The SMILES string of the molecule is O=C1C[C@H](/C=C\c2ccccc2)C(=O)O1. The third-order valence-corrected chi connectivity index (χ3v) is 2.22. The fourth-order valence-corrected chi connectivity index (χ4v) is 1.43. The van der Waals surface area contributed by atoms with Crippen LogP contribution < -0.4 is 0 Å². The van der Waals surface area contributed by atoms with Gasteiger partial charge < -0.3 is 4.74 Å². The lowest BCUT2D eigenvalue weighted by molar-refractivity contribution is -0.152. The van der Waals surface area contributed by atoms with Crippen LogP contribution in [-0.2, 0) is 14.3 Å². The smallest absolute Gasteiger partial charge is 0.321 e. The zero-order valence-electron chi connectivity index (χ0n) is 8.05. The largest absolute Gasteiger partial charge is 0.393 e. The first-order chi connectivity index (χ1) is 7.25. The number of carbonyl (C=O) groups excluding carboxylic acids is 2. The zero-order chi connectivity index (χ0) is 10.7. The molecule has 0 N–H and O–H groups in total. The maximum atomic E-state index is 11.1. The number of benzene rings is 1. The van der Waals surface area contributed by atoms with E-state index >= 15 is 0 Å². The first kappa shape index (κ1) is 9.65. The van der Waals surface area contributed by atoms with Gasteiger partial charge in [0.1, 0.15) is 0 Å². The summed E-state index contributed by atoms with van der Waals surface area (Å²) in [5, 5.41) is 0. The van der Waals surface area contributed by atoms with Crippen molar-refractivity contribution >= 4 is 18.0 Å². The van der Waals surface area contributed by atoms with Gasteiger partial charge in [0, 0.05) is 0 Å². The molecule has 0 aliphatic carbocycles. The molecule has 1 aromatic rings. The van der Waals surface area contributed by atoms with Crippen LogP contribution in [0.2, 0.25) is 0 Å². The average molecular weight is 202 g/mol. The minimum absolute atomic E-state index is 0.155. The van der Waals surface area contributed by atoms with Crippen LogP contribution in [0.15, 0.2) is 36.4 Å². The molecule has 0 radical (unpaired) electrons. The Morgan fingerprint density at radius 1 is 1.20 bits per heavy atom. The van der Waals surface area contributed by atoms with E-state index in [1.165, 1.54) is 0 Å². The van der Waals surface area contributed by atoms with Crippen LogP contribution in [0, 0.1) is 5.92 Å². The highest BCUT2D eigenvalue weighted by molar-refractivity contribution is 5.96. The Kier molecular flexibility index (Phi) is 2.63. The molecule has 1 heterocycles. The third kappa shape index (κ3) is 2.31. The van der Waals surface area contributed by atoms with Gasteiger partial charge in [0.25, 0.3) is 0 Å². The highest BCUT2D eigenvalue weighted by atomic mass is 16.6. The van der Waals surface area contributed by atoms with Crippen molar-refractivity contribution in [3.63, 3.8) is 0 Å². The summed E-state index contributed by atoms with van der Waals surface area (Å²) in [6, 6.07) is 9.61. The van der Waals surface area contributed by atoms with E-state index in [-0.39, 0.29) is 6.42 Å². The number of esters is 2. The molecule has 3 nitrogen and oxygen atoms in total. The van der Waals surface area contributed by atoms with Crippen LogP contribution in [0.5, 0.6) is 0 Å². The summed E-state index contributed by atoms with van der Waals surface area (Å²) in [7, 11) is 0. The summed E-state index contributed by atoms with van der Waals surface area (Å²) in [6.07, 6.45) is 3.69. The standard InChI is InChI=1S/C12H10O3/c13-11-8-10(12(14)15-11)7-6-9-4-2-1-3-5-9/h1-7,10H,8H2/b7-6-/t10-/m0/s1. The number of hydrogen-bond acceptors (Lipinski definition) is 3. The summed E-state index contributed by atoms with van der Waals surface area (Å²) < 4.78 is 4.43. The van der Waals surface area contributed by atoms with Crippen molar-refractivity contribution in [3.8, 4) is 0 Å². The number of carbonyl (C=O) groups is 2. The second kappa shape index (κ2) is 4.09. The van der Waals surface area contributed by atoms with E-state index in [4.69, 9.17) is 0 Å². The molecule has 2 rings (SSSR count). The minimum Gasteiger partial charge on any atom is -0.393 e. The lowest BCUT2D eigenvalue weighted by Gasteiger charge is -1.95. The Morgan fingerprint density at radius 3 is 2.53 bits per heavy atom. The van der Waals surface area contributed by atoms with E-state index < -0.39 is 17.9 Å². The quantitative estimate of drug-likeness (QED) is 0.542. The van der Waals surface area contributed by atoms with Crippen LogP contribution >= 0.6 is 0 Å². The van der Waals surface area contributed by atoms with Crippen molar-refractivity contribution in [2.24, 2.45) is 5.92 Å². The number of cyclic esters (lactones) is 2. The number of hydrogen-bond donors (Lipinski definition) is 0. The van der Waals surface area contributed by atoms with Crippen molar-refractivity contribution in [2.75, 3.05) is 0 Å². The van der Waals surface area contributed by atoms with Gasteiger partial charge in [-0.05, 0) is 5.56 Å². The van der Waals surface area contributed by atoms with Gasteiger partial charge in [-0.3, -0.25) is 9.59 Å². The van der Waals surface area contributed by atoms with Crippen molar-refractivity contribution < 1.29 is 14.3 Å². The predicted molar refractivity (Wildman–Crippen MR) is 54.7 cm³/mol. The molecule has 0 amide bonds. The molecule has 0 aromatic heterocycles. The van der Waals surface area contributed by atoms with Gasteiger partial charge in [0.2, 0.25) is 0 Å². The first-order valence-corrected chi connectivity index (χ1v) is 4.73. The summed E-state index contributed by atoms with van der Waals surface area (Å²) in [4.78, 5) is 21.9. The fourth-order valence-electron chi connectivity index (χ4n) is 1.43. The summed E-state index contributed by atoms with van der Waals surface area (Å²) in [6.45, 7) is 0. The van der Waals surface area contributed by atoms with Gasteiger partial charge in [-0.15, -0.1) is 0 Å². The third-order valence-electron chi connectivity index (χ3n) is 2.22. The molecule has 3 heteroatoms. The Bertz CT molecular complexity index is 406. The van der Waals surface area contributed by atoms with Gasteiger partial charge in [-0.2, -0.15) is 0 Å². The fraction of sp³-hybridized carbons (Fsp3) is 0.167. The van der Waals surface area contributed by atoms with Gasteiger partial charge in [0.05, 0.1) is 12.3 Å². The van der Waals surface area contributed by atoms with E-state index in [0.29, 0.717) is 0 Å². The molecule has 1 saturated heterocycles. The van der Waals surface area contributed by atoms with Crippen molar-refractivity contribution in [3.05, 3.63) is 42.0 Å². The second-order valence-corrected chi connectivity index (χ2v) is 3.37. The summed E-state index contributed by atoms with van der Waals surface area (Å²) in [5.74, 6) is -1.31. The first-order valence-electron chi connectivity index (χ1n) is 4.73. The van der Waals surface area contributed by atoms with Gasteiger partial charge in [0.15, 0.2) is 0 Å². The molecular formula is C12H10O3. The Morgan fingerprint density at radius 2 is 1.93 bits per heavy atom. The monoisotopic (exact) mass is 202 g/mol. The zero-order valence-corrected chi connectivity index (χ0v) is 8.05. The lowest BCUT2D eigenvalue weighted by atomic mass is 10.1. The molecule has 1 aliphatic heterocycles. The highest BCUT2D eigenvalue weighted by Crippen LogP contribution is 2.18. The maximum absolute atomic E-state index is 11.1. The Labute approximate surface area is 87.4 Å². The van der Waals surface area contributed by atoms with Crippen LogP contribution in [0.3, 0.4) is 0 Å². The van der Waals surface area contributed by atoms with Crippen molar-refractivity contribution in [1.29, 1.82) is 0 Å². The highest BCUT2D eigenvalue weighted by Gasteiger charge is 2.30. The Balaban J connectivity index is 2.06. The lowest BCUT2D eigenvalue weighted by Crippen LogP contribution is -2.03. The maximum Gasteiger partial charge on any atom is 0.321 e. The molecule has 1 aromatic carbocycles. The molecule has 1 atom stereocenters. The molecule has 15 heavy (non-hydrogen) atoms.